The van der Waals surface area contributed by atoms with Gasteiger partial charge in [0.1, 0.15) is 12.6 Å². The van der Waals surface area contributed by atoms with Gasteiger partial charge in [-0.3, -0.25) is 23.4 Å². The summed E-state index contributed by atoms with van der Waals surface area (Å²) in [6, 6.07) is -1.51. The average Bonchev–Trinajstić information content (AvgIpc) is 2.84. The number of nitrogens with two attached hydrogens (primary N) is 1. The zero-order chi connectivity index (χ0) is 27.9. The maximum absolute atomic E-state index is 12.2. The van der Waals surface area contributed by atoms with Crippen molar-refractivity contribution in [1.29, 1.82) is 0 Å². The Balaban J connectivity index is 4.13. The average molecular weight is 552 g/mol. The first kappa shape index (κ1) is 35.2. The first-order chi connectivity index (χ1) is 17.6. The van der Waals surface area contributed by atoms with Crippen LogP contribution in [0, 0.1) is 0 Å². The van der Waals surface area contributed by atoms with Crippen LogP contribution in [0.15, 0.2) is 12.2 Å². The van der Waals surface area contributed by atoms with Crippen molar-refractivity contribution in [3.05, 3.63) is 12.2 Å². The van der Waals surface area contributed by atoms with Gasteiger partial charge in [-0.25, -0.2) is 4.57 Å². The maximum atomic E-state index is 12.2. The van der Waals surface area contributed by atoms with Crippen LogP contribution in [0.2, 0.25) is 0 Å². The van der Waals surface area contributed by atoms with E-state index in [0.717, 1.165) is 45.4 Å². The number of aliphatic carboxylic acids is 1. The summed E-state index contributed by atoms with van der Waals surface area (Å²) in [6.45, 7) is 1.66. The van der Waals surface area contributed by atoms with Gasteiger partial charge in [-0.1, -0.05) is 64.0 Å². The molecule has 11 nitrogen and oxygen atoms in total. The van der Waals surface area contributed by atoms with Crippen LogP contribution in [0.5, 0.6) is 0 Å². The van der Waals surface area contributed by atoms with E-state index in [1.54, 1.807) is 0 Å². The molecule has 0 saturated carbocycles. The molecule has 12 heteroatoms. The Morgan fingerprint density at radius 2 is 1.41 bits per heavy atom. The van der Waals surface area contributed by atoms with Crippen LogP contribution >= 0.6 is 7.82 Å². The highest BCUT2D eigenvalue weighted by molar-refractivity contribution is 7.47. The molecular formula is C25H46NO10P. The number of carbonyl (C=O) groups is 3. The van der Waals surface area contributed by atoms with Crippen molar-refractivity contribution in [3.63, 3.8) is 0 Å². The molecule has 0 aromatic carbocycles. The van der Waals surface area contributed by atoms with Crippen molar-refractivity contribution in [3.8, 4) is 0 Å². The minimum atomic E-state index is -4.66. The van der Waals surface area contributed by atoms with Crippen LogP contribution in [-0.2, 0) is 37.5 Å². The molecule has 0 aliphatic rings. The molecule has 0 spiro atoms. The van der Waals surface area contributed by atoms with Gasteiger partial charge in [0, 0.05) is 13.3 Å². The van der Waals surface area contributed by atoms with Gasteiger partial charge in [0.05, 0.1) is 13.2 Å². The number of ether oxygens (including phenoxy) is 2. The molecule has 3 unspecified atom stereocenters. The molecule has 0 bridgehead atoms. The number of carboxylic acid groups (broad SMARTS) is 1. The summed E-state index contributed by atoms with van der Waals surface area (Å²) in [6.07, 6.45) is 16.9. The van der Waals surface area contributed by atoms with Gasteiger partial charge in [0.15, 0.2) is 6.10 Å². The third-order valence-electron chi connectivity index (χ3n) is 5.32. The van der Waals surface area contributed by atoms with Gasteiger partial charge in [0.25, 0.3) is 0 Å². The van der Waals surface area contributed by atoms with Gasteiger partial charge in [-0.15, -0.1) is 0 Å². The van der Waals surface area contributed by atoms with Gasteiger partial charge in [0.2, 0.25) is 0 Å². The first-order valence-electron chi connectivity index (χ1n) is 13.2. The van der Waals surface area contributed by atoms with Crippen molar-refractivity contribution >= 4 is 25.7 Å². The van der Waals surface area contributed by atoms with Crippen molar-refractivity contribution in [2.75, 3.05) is 19.8 Å². The molecule has 0 aliphatic heterocycles. The van der Waals surface area contributed by atoms with Crippen LogP contribution < -0.4 is 5.73 Å². The molecule has 0 fully saturated rings. The van der Waals surface area contributed by atoms with E-state index in [2.05, 4.69) is 23.6 Å². The molecule has 0 rings (SSSR count). The van der Waals surface area contributed by atoms with Crippen LogP contribution in [0.25, 0.3) is 0 Å². The van der Waals surface area contributed by atoms with E-state index in [9.17, 15) is 23.8 Å². The standard InChI is InChI=1S/C25H46NO10P/c1-3-4-5-6-7-8-9-10-11-12-13-14-15-16-17-24(28)36-22(18-33-21(2)27)19-34-37(31,32)35-20-23(26)25(29)30/h9-10,22-23H,3-8,11-20,26H2,1-2H3,(H,29,30)(H,31,32)/b10-9-. The maximum Gasteiger partial charge on any atom is 0.472 e. The van der Waals surface area contributed by atoms with Gasteiger partial charge >= 0.3 is 25.7 Å². The molecule has 216 valence electrons. The van der Waals surface area contributed by atoms with Crippen LogP contribution in [0.3, 0.4) is 0 Å². The highest BCUT2D eigenvalue weighted by atomic mass is 31.2. The van der Waals surface area contributed by atoms with E-state index in [1.807, 2.05) is 0 Å². The number of hydrogen-bond donors (Lipinski definition) is 3. The number of carboxylic acids is 1. The Hall–Kier alpha value is -1.78. The molecule has 0 aromatic heterocycles. The molecule has 0 aliphatic carbocycles. The number of rotatable bonds is 24. The zero-order valence-corrected chi connectivity index (χ0v) is 23.2. The molecule has 0 aromatic rings. The van der Waals surface area contributed by atoms with E-state index >= 15 is 0 Å². The SMILES string of the molecule is CCCCCCC/C=C\CCCCCCCC(=O)OC(COC(C)=O)COP(=O)(O)OCC(N)C(=O)O. The zero-order valence-electron chi connectivity index (χ0n) is 22.3. The summed E-state index contributed by atoms with van der Waals surface area (Å²) in [7, 11) is -4.66. The monoisotopic (exact) mass is 551 g/mol. The van der Waals surface area contributed by atoms with Crippen LogP contribution in [0.4, 0.5) is 0 Å². The molecular weight excluding hydrogens is 505 g/mol. The van der Waals surface area contributed by atoms with E-state index in [-0.39, 0.29) is 13.0 Å². The summed E-state index contributed by atoms with van der Waals surface area (Å²) >= 11 is 0. The van der Waals surface area contributed by atoms with E-state index in [4.69, 9.17) is 24.8 Å². The molecule has 4 N–H and O–H groups in total. The van der Waals surface area contributed by atoms with Crippen LogP contribution in [0.1, 0.15) is 97.3 Å². The largest absolute Gasteiger partial charge is 0.480 e. The van der Waals surface area contributed by atoms with Crippen molar-refractivity contribution < 1.29 is 47.5 Å². The number of phosphoric ester groups is 1. The summed E-state index contributed by atoms with van der Waals surface area (Å²) in [5, 5.41) is 8.69. The smallest absolute Gasteiger partial charge is 0.472 e. The minimum absolute atomic E-state index is 0.148. The first-order valence-corrected chi connectivity index (χ1v) is 14.6. The topological polar surface area (TPSA) is 172 Å². The van der Waals surface area contributed by atoms with Crippen molar-refractivity contribution in [2.45, 2.75) is 109 Å². The Bertz CT molecular complexity index is 716. The van der Waals surface area contributed by atoms with E-state index in [0.29, 0.717) is 6.42 Å². The van der Waals surface area contributed by atoms with E-state index in [1.165, 1.54) is 32.1 Å². The quantitative estimate of drug-likeness (QED) is 0.0659. The fraction of sp³-hybridized carbons (Fsp3) is 0.800. The number of phosphoric acid groups is 1. The summed E-state index contributed by atoms with van der Waals surface area (Å²) in [5.41, 5.74) is 5.21. The summed E-state index contributed by atoms with van der Waals surface area (Å²) in [4.78, 5) is 43.6. The van der Waals surface area contributed by atoms with E-state index < -0.39 is 51.1 Å². The fourth-order valence-electron chi connectivity index (χ4n) is 3.19. The van der Waals surface area contributed by atoms with Gasteiger partial charge in [-0.2, -0.15) is 0 Å². The second-order valence-electron chi connectivity index (χ2n) is 8.90. The second-order valence-corrected chi connectivity index (χ2v) is 10.4. The fourth-order valence-corrected chi connectivity index (χ4v) is 3.97. The third kappa shape index (κ3) is 23.1. The lowest BCUT2D eigenvalue weighted by Crippen LogP contribution is -2.34. The summed E-state index contributed by atoms with van der Waals surface area (Å²) in [5.74, 6) is -2.59. The molecule has 37 heavy (non-hydrogen) atoms. The van der Waals surface area contributed by atoms with Crippen molar-refractivity contribution in [1.82, 2.24) is 0 Å². The normalized spacial score (nSPS) is 14.7. The summed E-state index contributed by atoms with van der Waals surface area (Å²) < 4.78 is 31.2. The molecule has 0 saturated heterocycles. The number of allylic oxidation sites excluding steroid dienone is 2. The highest BCUT2D eigenvalue weighted by Gasteiger charge is 2.27. The Morgan fingerprint density at radius 3 is 1.97 bits per heavy atom. The molecule has 0 amide bonds. The molecule has 0 heterocycles. The molecule has 3 atom stereocenters. The van der Waals surface area contributed by atoms with Crippen LogP contribution in [-0.4, -0.2) is 59.9 Å². The highest BCUT2D eigenvalue weighted by Crippen LogP contribution is 2.43. The Kier molecular flexibility index (Phi) is 21.2. The van der Waals surface area contributed by atoms with Gasteiger partial charge in [-0.05, 0) is 32.1 Å². The van der Waals surface area contributed by atoms with Gasteiger partial charge < -0.3 is 25.2 Å². The Labute approximate surface area is 220 Å². The predicted molar refractivity (Wildman–Crippen MR) is 139 cm³/mol. The number of unbranched alkanes of at least 4 members (excludes halogenated alkanes) is 10. The Morgan fingerprint density at radius 1 is 0.865 bits per heavy atom. The lowest BCUT2D eigenvalue weighted by molar-refractivity contribution is -0.160. The molecule has 0 radical (unpaired) electrons. The number of esters is 2. The lowest BCUT2D eigenvalue weighted by atomic mass is 10.1. The minimum Gasteiger partial charge on any atom is -0.480 e. The predicted octanol–water partition coefficient (Wildman–Crippen LogP) is 4.65. The van der Waals surface area contributed by atoms with Crippen molar-refractivity contribution in [2.24, 2.45) is 5.73 Å². The lowest BCUT2D eigenvalue weighted by Gasteiger charge is -2.20. The third-order valence-corrected chi connectivity index (χ3v) is 6.27. The number of carbonyl (C=O) groups excluding carboxylic acids is 2. The second kappa shape index (κ2) is 22.2. The number of hydrogen-bond acceptors (Lipinski definition) is 9.